The summed E-state index contributed by atoms with van der Waals surface area (Å²) < 4.78 is 35.5. The van der Waals surface area contributed by atoms with Crippen molar-refractivity contribution in [1.29, 1.82) is 0 Å². The minimum atomic E-state index is -0.899. The van der Waals surface area contributed by atoms with Gasteiger partial charge < -0.3 is 15.2 Å². The molecule has 0 saturated heterocycles. The average Bonchev–Trinajstić information content (AvgIpc) is 2.27. The summed E-state index contributed by atoms with van der Waals surface area (Å²) in [5.74, 6) is -3.13. The highest BCUT2D eigenvalue weighted by Crippen LogP contribution is 2.23. The van der Waals surface area contributed by atoms with E-state index in [1.807, 2.05) is 0 Å². The van der Waals surface area contributed by atoms with Crippen LogP contribution in [0.25, 0.3) is 0 Å². The van der Waals surface area contributed by atoms with Crippen LogP contribution >= 0.6 is 0 Å². The monoisotopic (exact) mass is 231 g/mol. The van der Waals surface area contributed by atoms with Gasteiger partial charge in [0.2, 0.25) is 0 Å². The average molecular weight is 231 g/mol. The Morgan fingerprint density at radius 2 is 1.94 bits per heavy atom. The van der Waals surface area contributed by atoms with Crippen molar-refractivity contribution in [2.45, 2.75) is 6.54 Å². The first-order valence-corrected chi connectivity index (χ1v) is 4.46. The predicted molar refractivity (Wildman–Crippen MR) is 51.8 cm³/mol. The number of carbonyl (C=O) groups is 1. The second-order valence-corrected chi connectivity index (χ2v) is 2.96. The topological polar surface area (TPSA) is 61.5 Å². The van der Waals surface area contributed by atoms with E-state index in [-0.39, 0.29) is 6.54 Å². The molecular weight excluding hydrogens is 220 g/mol. The summed E-state index contributed by atoms with van der Waals surface area (Å²) in [4.78, 5) is 10.7. The Kier molecular flexibility index (Phi) is 4.19. The summed E-state index contributed by atoms with van der Waals surface area (Å²) >= 11 is 0. The van der Waals surface area contributed by atoms with Crippen LogP contribution in [0.5, 0.6) is 5.75 Å². The summed E-state index contributed by atoms with van der Waals surface area (Å²) in [5.41, 5.74) is 5.54. The molecule has 0 aliphatic rings. The first-order valence-electron chi connectivity index (χ1n) is 4.46. The predicted octanol–water partition coefficient (Wildman–Crippen LogP) is 0.975. The standard InChI is InChI=1S/C10H11F2NO3/c1-15-9(14)5-16-10-7(11)2-6(4-13)3-8(10)12/h2-3H,4-5,13H2,1H3. The number of hydrogen-bond donors (Lipinski definition) is 1. The maximum atomic E-state index is 13.3. The van der Waals surface area contributed by atoms with Gasteiger partial charge in [0.15, 0.2) is 24.0 Å². The number of ether oxygens (including phenoxy) is 2. The second-order valence-electron chi connectivity index (χ2n) is 2.96. The fourth-order valence-corrected chi connectivity index (χ4v) is 1.06. The molecule has 16 heavy (non-hydrogen) atoms. The van der Waals surface area contributed by atoms with Gasteiger partial charge in [-0.05, 0) is 17.7 Å². The molecule has 88 valence electrons. The molecule has 0 amide bonds. The molecule has 0 bridgehead atoms. The molecule has 1 aromatic carbocycles. The Morgan fingerprint density at radius 1 is 1.38 bits per heavy atom. The Bertz CT molecular complexity index is 373. The van der Waals surface area contributed by atoms with Gasteiger partial charge in [-0.2, -0.15) is 0 Å². The third-order valence-electron chi connectivity index (χ3n) is 1.86. The van der Waals surface area contributed by atoms with E-state index >= 15 is 0 Å². The van der Waals surface area contributed by atoms with E-state index in [1.165, 1.54) is 0 Å². The third-order valence-corrected chi connectivity index (χ3v) is 1.86. The van der Waals surface area contributed by atoms with Crippen LogP contribution in [0, 0.1) is 11.6 Å². The number of methoxy groups -OCH3 is 1. The maximum absolute atomic E-state index is 13.3. The molecule has 0 radical (unpaired) electrons. The van der Waals surface area contributed by atoms with E-state index in [4.69, 9.17) is 5.73 Å². The molecule has 0 fully saturated rings. The van der Waals surface area contributed by atoms with Crippen molar-refractivity contribution >= 4 is 5.97 Å². The lowest BCUT2D eigenvalue weighted by molar-refractivity contribution is -0.143. The van der Waals surface area contributed by atoms with Crippen LogP contribution in [-0.2, 0) is 16.1 Å². The number of nitrogens with two attached hydrogens (primary N) is 1. The van der Waals surface area contributed by atoms with Crippen LogP contribution in [-0.4, -0.2) is 19.7 Å². The van der Waals surface area contributed by atoms with E-state index in [2.05, 4.69) is 9.47 Å². The van der Waals surface area contributed by atoms with Crippen molar-refractivity contribution in [2.24, 2.45) is 5.73 Å². The lowest BCUT2D eigenvalue weighted by atomic mass is 10.2. The molecule has 1 aromatic rings. The summed E-state index contributed by atoms with van der Waals surface area (Å²) in [6.45, 7) is -0.530. The molecule has 0 spiro atoms. The van der Waals surface area contributed by atoms with Crippen LogP contribution in [0.2, 0.25) is 0 Å². The fraction of sp³-hybridized carbons (Fsp3) is 0.300. The van der Waals surface area contributed by atoms with Crippen molar-refractivity contribution in [3.63, 3.8) is 0 Å². The first kappa shape index (κ1) is 12.4. The van der Waals surface area contributed by atoms with E-state index < -0.39 is 30.0 Å². The van der Waals surface area contributed by atoms with Gasteiger partial charge in [0.05, 0.1) is 7.11 Å². The third kappa shape index (κ3) is 2.90. The molecule has 0 aromatic heterocycles. The Hall–Kier alpha value is -1.69. The quantitative estimate of drug-likeness (QED) is 0.784. The Labute approximate surface area is 91.0 Å². The van der Waals surface area contributed by atoms with Crippen molar-refractivity contribution < 1.29 is 23.0 Å². The zero-order valence-electron chi connectivity index (χ0n) is 8.63. The van der Waals surface area contributed by atoms with Crippen LogP contribution in [0.15, 0.2) is 12.1 Å². The number of benzene rings is 1. The molecule has 1 rings (SSSR count). The summed E-state index contributed by atoms with van der Waals surface area (Å²) in [5, 5.41) is 0. The molecule has 2 N–H and O–H groups in total. The van der Waals surface area contributed by atoms with Crippen molar-refractivity contribution in [2.75, 3.05) is 13.7 Å². The lowest BCUT2D eigenvalue weighted by Gasteiger charge is -2.08. The van der Waals surface area contributed by atoms with E-state index in [9.17, 15) is 13.6 Å². The van der Waals surface area contributed by atoms with Crippen LogP contribution in [0.1, 0.15) is 5.56 Å². The second kappa shape index (κ2) is 5.41. The molecule has 0 aliphatic carbocycles. The van der Waals surface area contributed by atoms with Crippen molar-refractivity contribution in [3.05, 3.63) is 29.3 Å². The minimum absolute atomic E-state index is 0.0190. The van der Waals surface area contributed by atoms with Gasteiger partial charge in [-0.3, -0.25) is 0 Å². The van der Waals surface area contributed by atoms with Gasteiger partial charge >= 0.3 is 5.97 Å². The van der Waals surface area contributed by atoms with E-state index in [0.29, 0.717) is 5.56 Å². The molecule has 0 atom stereocenters. The SMILES string of the molecule is COC(=O)COc1c(F)cc(CN)cc1F. The Morgan fingerprint density at radius 3 is 2.38 bits per heavy atom. The van der Waals surface area contributed by atoms with E-state index in [0.717, 1.165) is 19.2 Å². The largest absolute Gasteiger partial charge is 0.476 e. The molecule has 0 aliphatic heterocycles. The van der Waals surface area contributed by atoms with Crippen molar-refractivity contribution in [1.82, 2.24) is 0 Å². The van der Waals surface area contributed by atoms with Gasteiger partial charge in [0.1, 0.15) is 0 Å². The molecule has 0 unspecified atom stereocenters. The van der Waals surface area contributed by atoms with Crippen LogP contribution in [0.4, 0.5) is 8.78 Å². The van der Waals surface area contributed by atoms with Gasteiger partial charge in [-0.25, -0.2) is 13.6 Å². The smallest absolute Gasteiger partial charge is 0.343 e. The van der Waals surface area contributed by atoms with Crippen LogP contribution < -0.4 is 10.5 Å². The van der Waals surface area contributed by atoms with E-state index in [1.54, 1.807) is 0 Å². The summed E-state index contributed by atoms with van der Waals surface area (Å²) in [7, 11) is 1.15. The van der Waals surface area contributed by atoms with Gasteiger partial charge in [-0.1, -0.05) is 0 Å². The zero-order chi connectivity index (χ0) is 12.1. The zero-order valence-corrected chi connectivity index (χ0v) is 8.63. The van der Waals surface area contributed by atoms with Gasteiger partial charge in [0, 0.05) is 6.54 Å². The van der Waals surface area contributed by atoms with Crippen LogP contribution in [0.3, 0.4) is 0 Å². The maximum Gasteiger partial charge on any atom is 0.343 e. The molecule has 0 heterocycles. The Balaban J connectivity index is 2.84. The highest BCUT2D eigenvalue weighted by atomic mass is 19.1. The summed E-state index contributed by atoms with van der Waals surface area (Å²) in [6.07, 6.45) is 0. The first-order chi connectivity index (χ1) is 7.58. The number of rotatable bonds is 4. The van der Waals surface area contributed by atoms with Gasteiger partial charge in [0.25, 0.3) is 0 Å². The molecule has 0 saturated carbocycles. The van der Waals surface area contributed by atoms with Gasteiger partial charge in [-0.15, -0.1) is 0 Å². The number of hydrogen-bond acceptors (Lipinski definition) is 4. The number of halogens is 2. The molecular formula is C10H11F2NO3. The van der Waals surface area contributed by atoms with Crippen molar-refractivity contribution in [3.8, 4) is 5.75 Å². The molecule has 6 heteroatoms. The minimum Gasteiger partial charge on any atom is -0.476 e. The summed E-state index contributed by atoms with van der Waals surface area (Å²) in [6, 6.07) is 2.10. The molecule has 4 nitrogen and oxygen atoms in total. The highest BCUT2D eigenvalue weighted by Gasteiger charge is 2.13. The fourth-order valence-electron chi connectivity index (χ4n) is 1.06. The highest BCUT2D eigenvalue weighted by molar-refractivity contribution is 5.70. The number of carbonyl (C=O) groups excluding carboxylic acids is 1. The normalized spacial score (nSPS) is 10.0. The lowest BCUT2D eigenvalue weighted by Crippen LogP contribution is -2.14. The number of esters is 1.